The fourth-order valence-corrected chi connectivity index (χ4v) is 3.33. The second kappa shape index (κ2) is 10.5. The second-order valence-corrected chi connectivity index (χ2v) is 7.44. The van der Waals surface area contributed by atoms with E-state index >= 15 is 0 Å². The lowest BCUT2D eigenvalue weighted by molar-refractivity contribution is -0.136. The SMILES string of the molecule is Cc1oc(-c2ccccc2)nc1CCOc1ccc(CCC(=O)O)c(Oc2cccnc2)c1. The van der Waals surface area contributed by atoms with Crippen LogP contribution in [0.2, 0.25) is 0 Å². The molecule has 0 aliphatic carbocycles. The summed E-state index contributed by atoms with van der Waals surface area (Å²) in [4.78, 5) is 19.7. The molecule has 0 aliphatic heterocycles. The summed E-state index contributed by atoms with van der Waals surface area (Å²) in [6, 6.07) is 18.8. The van der Waals surface area contributed by atoms with Crippen LogP contribution in [0.4, 0.5) is 0 Å². The van der Waals surface area contributed by atoms with Gasteiger partial charge in [-0.15, -0.1) is 0 Å². The Morgan fingerprint density at radius 2 is 1.88 bits per heavy atom. The molecule has 0 spiro atoms. The van der Waals surface area contributed by atoms with Gasteiger partial charge in [-0.05, 0) is 49.2 Å². The van der Waals surface area contributed by atoms with E-state index in [0.29, 0.717) is 42.6 Å². The summed E-state index contributed by atoms with van der Waals surface area (Å²) in [6.45, 7) is 2.30. The first-order chi connectivity index (χ1) is 16.1. The van der Waals surface area contributed by atoms with Crippen molar-refractivity contribution >= 4 is 5.97 Å². The molecule has 4 aromatic rings. The Kier molecular flexibility index (Phi) is 6.99. The van der Waals surface area contributed by atoms with Crippen LogP contribution in [-0.4, -0.2) is 27.7 Å². The van der Waals surface area contributed by atoms with Gasteiger partial charge in [-0.1, -0.05) is 24.3 Å². The van der Waals surface area contributed by atoms with Crippen LogP contribution in [0.5, 0.6) is 17.2 Å². The number of aryl methyl sites for hydroxylation is 2. The van der Waals surface area contributed by atoms with E-state index in [0.717, 1.165) is 22.6 Å². The standard InChI is InChI=1S/C26H24N2O5/c1-18-23(28-26(32-18)20-6-3-2-4-7-20)13-15-31-21-11-9-19(10-12-25(29)30)24(16-21)33-22-8-5-14-27-17-22/h2-9,11,14,16-17H,10,12-13,15H2,1H3,(H,29,30). The third-order valence-corrected chi connectivity index (χ3v) is 5.03. The molecule has 0 saturated carbocycles. The quantitative estimate of drug-likeness (QED) is 0.346. The Labute approximate surface area is 191 Å². The van der Waals surface area contributed by atoms with Crippen LogP contribution in [0.3, 0.4) is 0 Å². The Morgan fingerprint density at radius 3 is 2.64 bits per heavy atom. The molecule has 0 amide bonds. The Balaban J connectivity index is 1.44. The molecule has 0 saturated heterocycles. The van der Waals surface area contributed by atoms with Gasteiger partial charge in [-0.25, -0.2) is 4.98 Å². The highest BCUT2D eigenvalue weighted by Gasteiger charge is 2.13. The zero-order valence-corrected chi connectivity index (χ0v) is 18.2. The topological polar surface area (TPSA) is 94.7 Å². The van der Waals surface area contributed by atoms with Crippen molar-refractivity contribution in [2.24, 2.45) is 0 Å². The van der Waals surface area contributed by atoms with E-state index in [1.165, 1.54) is 0 Å². The lowest BCUT2D eigenvalue weighted by Crippen LogP contribution is -2.04. The Morgan fingerprint density at radius 1 is 1.03 bits per heavy atom. The van der Waals surface area contributed by atoms with Gasteiger partial charge in [0.15, 0.2) is 0 Å². The second-order valence-electron chi connectivity index (χ2n) is 7.44. The molecule has 0 bridgehead atoms. The first-order valence-electron chi connectivity index (χ1n) is 10.7. The molecule has 0 unspecified atom stereocenters. The molecule has 2 aromatic carbocycles. The minimum absolute atomic E-state index is 0.0127. The Hall–Kier alpha value is -4.13. The van der Waals surface area contributed by atoms with Gasteiger partial charge in [-0.3, -0.25) is 9.78 Å². The van der Waals surface area contributed by atoms with Crippen molar-refractivity contribution in [3.05, 3.63) is 90.1 Å². The number of hydrogen-bond donors (Lipinski definition) is 1. The molecule has 2 aromatic heterocycles. The van der Waals surface area contributed by atoms with E-state index in [2.05, 4.69) is 9.97 Å². The number of aliphatic carboxylic acids is 1. The monoisotopic (exact) mass is 444 g/mol. The molecular weight excluding hydrogens is 420 g/mol. The van der Waals surface area contributed by atoms with Gasteiger partial charge in [0.1, 0.15) is 23.0 Å². The molecule has 7 heteroatoms. The predicted molar refractivity (Wildman–Crippen MR) is 123 cm³/mol. The van der Waals surface area contributed by atoms with Crippen LogP contribution in [0.15, 0.2) is 77.5 Å². The molecule has 168 valence electrons. The maximum absolute atomic E-state index is 11.0. The molecule has 1 N–H and O–H groups in total. The summed E-state index contributed by atoms with van der Waals surface area (Å²) in [6.07, 6.45) is 4.21. The van der Waals surface area contributed by atoms with E-state index in [1.54, 1.807) is 30.6 Å². The molecular formula is C26H24N2O5. The van der Waals surface area contributed by atoms with E-state index in [4.69, 9.17) is 19.0 Å². The molecule has 7 nitrogen and oxygen atoms in total. The van der Waals surface area contributed by atoms with E-state index in [-0.39, 0.29) is 6.42 Å². The highest BCUT2D eigenvalue weighted by molar-refractivity contribution is 5.67. The fraction of sp³-hybridized carbons (Fsp3) is 0.192. The van der Waals surface area contributed by atoms with Crippen molar-refractivity contribution in [2.45, 2.75) is 26.2 Å². The van der Waals surface area contributed by atoms with Gasteiger partial charge in [0.05, 0.1) is 18.5 Å². The molecule has 0 radical (unpaired) electrons. The van der Waals surface area contributed by atoms with Crippen molar-refractivity contribution in [2.75, 3.05) is 6.61 Å². The fourth-order valence-electron chi connectivity index (χ4n) is 3.33. The third-order valence-electron chi connectivity index (χ3n) is 5.03. The highest BCUT2D eigenvalue weighted by atomic mass is 16.5. The number of oxazole rings is 1. The molecule has 0 fully saturated rings. The van der Waals surface area contributed by atoms with E-state index in [9.17, 15) is 4.79 Å². The highest BCUT2D eigenvalue weighted by Crippen LogP contribution is 2.30. The zero-order valence-electron chi connectivity index (χ0n) is 18.2. The van der Waals surface area contributed by atoms with Gasteiger partial charge in [0, 0.05) is 30.7 Å². The lowest BCUT2D eigenvalue weighted by Gasteiger charge is -2.13. The molecule has 0 atom stereocenters. The van der Waals surface area contributed by atoms with Gasteiger partial charge in [0.2, 0.25) is 5.89 Å². The predicted octanol–water partition coefficient (Wildman–Crippen LogP) is 5.48. The van der Waals surface area contributed by atoms with Crippen LogP contribution in [0.1, 0.15) is 23.4 Å². The zero-order chi connectivity index (χ0) is 23.0. The van der Waals surface area contributed by atoms with Crippen LogP contribution in [0.25, 0.3) is 11.5 Å². The largest absolute Gasteiger partial charge is 0.493 e. The number of aromatic nitrogens is 2. The number of carboxylic acid groups (broad SMARTS) is 1. The first kappa shape index (κ1) is 22.1. The van der Waals surface area contributed by atoms with Crippen molar-refractivity contribution in [3.8, 4) is 28.7 Å². The van der Waals surface area contributed by atoms with Crippen molar-refractivity contribution in [1.29, 1.82) is 0 Å². The van der Waals surface area contributed by atoms with Crippen molar-refractivity contribution in [1.82, 2.24) is 9.97 Å². The first-order valence-corrected chi connectivity index (χ1v) is 10.7. The van der Waals surface area contributed by atoms with Crippen LogP contribution >= 0.6 is 0 Å². The number of carboxylic acids is 1. The van der Waals surface area contributed by atoms with Crippen LogP contribution < -0.4 is 9.47 Å². The molecule has 2 heterocycles. The maximum Gasteiger partial charge on any atom is 0.303 e. The minimum Gasteiger partial charge on any atom is -0.493 e. The maximum atomic E-state index is 11.0. The number of pyridine rings is 1. The number of hydrogen-bond acceptors (Lipinski definition) is 6. The number of ether oxygens (including phenoxy) is 2. The molecule has 0 aliphatic rings. The normalized spacial score (nSPS) is 10.7. The third kappa shape index (κ3) is 5.98. The lowest BCUT2D eigenvalue weighted by atomic mass is 10.1. The minimum atomic E-state index is -0.861. The van der Waals surface area contributed by atoms with Crippen molar-refractivity contribution in [3.63, 3.8) is 0 Å². The number of rotatable bonds is 10. The summed E-state index contributed by atoms with van der Waals surface area (Å²) in [5.74, 6) is 2.24. The molecule has 4 rings (SSSR count). The van der Waals surface area contributed by atoms with Crippen LogP contribution in [-0.2, 0) is 17.6 Å². The van der Waals surface area contributed by atoms with Gasteiger partial charge in [-0.2, -0.15) is 0 Å². The summed E-state index contributed by atoms with van der Waals surface area (Å²) in [7, 11) is 0. The van der Waals surface area contributed by atoms with Gasteiger partial charge >= 0.3 is 5.97 Å². The van der Waals surface area contributed by atoms with Gasteiger partial charge < -0.3 is 19.0 Å². The van der Waals surface area contributed by atoms with Gasteiger partial charge in [0.25, 0.3) is 0 Å². The summed E-state index contributed by atoms with van der Waals surface area (Å²) < 4.78 is 17.7. The number of carbonyl (C=O) groups is 1. The van der Waals surface area contributed by atoms with Crippen LogP contribution in [0, 0.1) is 6.92 Å². The summed E-state index contributed by atoms with van der Waals surface area (Å²) >= 11 is 0. The summed E-state index contributed by atoms with van der Waals surface area (Å²) in [5, 5.41) is 9.04. The van der Waals surface area contributed by atoms with E-state index < -0.39 is 5.97 Å². The number of nitrogens with zero attached hydrogens (tertiary/aromatic N) is 2. The smallest absolute Gasteiger partial charge is 0.303 e. The van der Waals surface area contributed by atoms with E-state index in [1.807, 2.05) is 49.4 Å². The Bertz CT molecular complexity index is 1210. The van der Waals surface area contributed by atoms with Crippen molar-refractivity contribution < 1.29 is 23.8 Å². The number of benzene rings is 2. The summed E-state index contributed by atoms with van der Waals surface area (Å²) in [5.41, 5.74) is 2.56. The average molecular weight is 444 g/mol. The molecule has 33 heavy (non-hydrogen) atoms. The average Bonchev–Trinajstić information content (AvgIpc) is 3.20.